The molecule has 0 bridgehead atoms. The van der Waals surface area contributed by atoms with Crippen LogP contribution in [0.1, 0.15) is 0 Å². The summed E-state index contributed by atoms with van der Waals surface area (Å²) in [5.74, 6) is 1.81. The van der Waals surface area contributed by atoms with Crippen LogP contribution in [0.25, 0.3) is 227 Å². The quantitative estimate of drug-likeness (QED) is 0.121. The van der Waals surface area contributed by atoms with E-state index in [9.17, 15) is 0 Å². The first kappa shape index (κ1) is 65.9. The highest BCUT2D eigenvalue weighted by Gasteiger charge is 2.26. The summed E-state index contributed by atoms with van der Waals surface area (Å²) >= 11 is 0. The minimum absolute atomic E-state index is 0.576. The predicted octanol–water partition coefficient (Wildman–Crippen LogP) is 28.2. The molecule has 0 fully saturated rings. The van der Waals surface area contributed by atoms with Crippen molar-refractivity contribution < 1.29 is 0 Å². The molecule has 0 aliphatic rings. The number of nitrogens with zero attached hydrogens (tertiary/aromatic N) is 8. The zero-order valence-electron chi connectivity index (χ0n) is 63.3. The van der Waals surface area contributed by atoms with E-state index in [1.807, 2.05) is 12.1 Å². The van der Waals surface area contributed by atoms with Crippen LogP contribution in [0.3, 0.4) is 0 Å². The minimum atomic E-state index is 0.576. The van der Waals surface area contributed by atoms with Crippen LogP contribution in [0, 0.1) is 0 Å². The van der Waals surface area contributed by atoms with Gasteiger partial charge in [-0.15, -0.1) is 0 Å². The Morgan fingerprint density at radius 3 is 0.863 bits per heavy atom. The normalized spacial score (nSPS) is 11.9. The summed E-state index contributed by atoms with van der Waals surface area (Å²) in [5, 5.41) is 17.5. The average Bonchev–Trinajstić information content (AvgIpc) is 1.54. The van der Waals surface area contributed by atoms with Crippen LogP contribution < -0.4 is 0 Å². The van der Waals surface area contributed by atoms with Crippen LogP contribution in [0.4, 0.5) is 0 Å². The van der Waals surface area contributed by atoms with Crippen molar-refractivity contribution in [2.24, 2.45) is 0 Å². The molecule has 0 spiro atoms. The van der Waals surface area contributed by atoms with Crippen LogP contribution in [0.5, 0.6) is 0 Å². The van der Waals surface area contributed by atoms with E-state index >= 15 is 0 Å². The van der Waals surface area contributed by atoms with E-state index in [0.29, 0.717) is 17.6 Å². The molecule has 19 aromatic carbocycles. The molecule has 117 heavy (non-hydrogen) atoms. The van der Waals surface area contributed by atoms with Crippen molar-refractivity contribution >= 4 is 131 Å². The van der Waals surface area contributed by atoms with Gasteiger partial charge in [0, 0.05) is 87.7 Å². The predicted molar refractivity (Wildman–Crippen MR) is 488 cm³/mol. The molecule has 0 atom stereocenters. The smallest absolute Gasteiger partial charge is 0.238 e. The third kappa shape index (κ3) is 10.4. The maximum atomic E-state index is 5.31. The summed E-state index contributed by atoms with van der Waals surface area (Å²) < 4.78 is 11.8. The number of benzene rings is 19. The first-order valence-corrected chi connectivity index (χ1v) is 40.0. The number of para-hydroxylation sites is 6. The lowest BCUT2D eigenvalue weighted by molar-refractivity contribution is 0.954. The Kier molecular flexibility index (Phi) is 14.9. The zero-order valence-corrected chi connectivity index (χ0v) is 63.3. The van der Waals surface area contributed by atoms with E-state index in [1.54, 1.807) is 0 Å². The second kappa shape index (κ2) is 26.4. The van der Waals surface area contributed by atoms with Crippen LogP contribution in [0.15, 0.2) is 413 Å². The second-order valence-corrected chi connectivity index (χ2v) is 30.6. The highest BCUT2D eigenvalue weighted by Crippen LogP contribution is 2.48. The van der Waals surface area contributed by atoms with Crippen LogP contribution in [-0.4, -0.2) is 37.8 Å². The van der Waals surface area contributed by atoms with Gasteiger partial charge in [-0.3, -0.25) is 4.57 Å². The highest BCUT2D eigenvalue weighted by atomic mass is 15.2. The maximum absolute atomic E-state index is 5.31. The third-order valence-electron chi connectivity index (χ3n) is 24.2. The second-order valence-electron chi connectivity index (χ2n) is 30.6. The summed E-state index contributed by atoms with van der Waals surface area (Å²) in [6, 6.07) is 149. The van der Waals surface area contributed by atoms with Crippen molar-refractivity contribution in [3.63, 3.8) is 0 Å². The Hall–Kier alpha value is -15.8. The molecule has 6 heterocycles. The lowest BCUT2D eigenvalue weighted by Gasteiger charge is -2.12. The lowest BCUT2D eigenvalue weighted by Crippen LogP contribution is -2.06. The number of rotatable bonds is 11. The van der Waals surface area contributed by atoms with Crippen LogP contribution in [0.2, 0.25) is 0 Å². The highest BCUT2D eigenvalue weighted by molar-refractivity contribution is 6.29. The van der Waals surface area contributed by atoms with Gasteiger partial charge >= 0.3 is 0 Å². The van der Waals surface area contributed by atoms with Gasteiger partial charge in [0.2, 0.25) is 5.95 Å². The molecule has 0 radical (unpaired) electrons. The Bertz CT molecular complexity index is 8040. The van der Waals surface area contributed by atoms with E-state index in [0.717, 1.165) is 50.3 Å². The topological polar surface area (TPSA) is 63.3 Å². The van der Waals surface area contributed by atoms with Gasteiger partial charge in [-0.25, -0.2) is 4.98 Å². The number of hydrogen-bond acceptors (Lipinski definition) is 3. The van der Waals surface area contributed by atoms with Crippen LogP contribution >= 0.6 is 0 Å². The fourth-order valence-corrected chi connectivity index (χ4v) is 18.9. The Morgan fingerprint density at radius 2 is 0.444 bits per heavy atom. The summed E-state index contributed by atoms with van der Waals surface area (Å²) in [4.78, 5) is 15.8. The maximum Gasteiger partial charge on any atom is 0.238 e. The average molecular weight is 1490 g/mol. The van der Waals surface area contributed by atoms with Crippen molar-refractivity contribution in [1.29, 1.82) is 0 Å². The first-order chi connectivity index (χ1) is 58.0. The molecule has 544 valence electrons. The van der Waals surface area contributed by atoms with Crippen LogP contribution in [-0.2, 0) is 0 Å². The standard InChI is InChI=1S/C59H37N5.C50H31N3/c1-4-13-38(14-5-1)40-23-27-43(28-24-40)57-60-58(44-29-25-41(26-30-44)39-15-6-2-7-16-39)62-59(61-57)64-53-22-12-17-42-31-33-49-47(34-36-54(64)56(49)55(42)53)45-32-35-52-50(37-45)48-20-10-11-21-51(48)63(52)46-18-8-3-9-19-46;1-2-12-34(13-3-1)51-45-19-9-6-16-40(45)42-31-33(22-29-46(42)51)37-28-30-48-50-41(37)27-21-32-11-10-20-47(49(32)50)53(48)36-25-23-35(24-26-36)52-43-17-7-4-14-38(43)39-15-5-8-18-44(39)52/h1-37H;1-31H. The SMILES string of the molecule is c1ccc(-c2ccc(-c3nc(-c4ccc(-c5ccccc5)cc4)nc(-n4c5cccc6ccc7c(-c8ccc9c(c8)c8ccccc8n9-c8ccccc8)ccc4c7c65)n3)cc2)cc1.c1ccc(-n2c3ccccc3c3cc(-c4ccc5c6c4ccc4cccc(c46)n5-c4ccc(-n5c6ccccc6c6ccccc65)cc4)ccc32)cc1. The minimum Gasteiger partial charge on any atom is -0.309 e. The van der Waals surface area contributed by atoms with Gasteiger partial charge < -0.3 is 18.3 Å². The molecule has 0 aliphatic heterocycles. The number of fused-ring (bicyclic) bond motifs is 9. The Morgan fingerprint density at radius 1 is 0.154 bits per heavy atom. The summed E-state index contributed by atoms with van der Waals surface area (Å²) in [6.07, 6.45) is 0. The van der Waals surface area contributed by atoms with E-state index in [-0.39, 0.29) is 0 Å². The Balaban J connectivity index is 0.000000136. The van der Waals surface area contributed by atoms with Gasteiger partial charge in [-0.1, -0.05) is 291 Å². The molecular formula is C109H68N8. The van der Waals surface area contributed by atoms with Crippen molar-refractivity contribution in [2.75, 3.05) is 0 Å². The van der Waals surface area contributed by atoms with Crippen molar-refractivity contribution in [3.8, 4) is 96.0 Å². The van der Waals surface area contributed by atoms with Gasteiger partial charge in [0.25, 0.3) is 0 Å². The lowest BCUT2D eigenvalue weighted by atomic mass is 9.94. The number of aromatic nitrogens is 8. The van der Waals surface area contributed by atoms with E-state index in [1.165, 1.54) is 159 Å². The van der Waals surface area contributed by atoms with Crippen molar-refractivity contribution in [3.05, 3.63) is 413 Å². The molecule has 25 aromatic rings. The first-order valence-electron chi connectivity index (χ1n) is 40.0. The fraction of sp³-hybridized carbons (Fsp3) is 0. The van der Waals surface area contributed by atoms with E-state index in [4.69, 9.17) is 15.0 Å². The summed E-state index contributed by atoms with van der Waals surface area (Å²) in [7, 11) is 0. The van der Waals surface area contributed by atoms with E-state index < -0.39 is 0 Å². The fourth-order valence-electron chi connectivity index (χ4n) is 18.9. The largest absolute Gasteiger partial charge is 0.309 e. The number of hydrogen-bond donors (Lipinski definition) is 0. The third-order valence-corrected chi connectivity index (χ3v) is 24.2. The molecule has 0 amide bonds. The molecule has 6 aromatic heterocycles. The molecule has 0 aliphatic carbocycles. The monoisotopic (exact) mass is 1490 g/mol. The summed E-state index contributed by atoms with van der Waals surface area (Å²) in [6.45, 7) is 0. The molecule has 0 saturated carbocycles. The van der Waals surface area contributed by atoms with Crippen molar-refractivity contribution in [2.45, 2.75) is 0 Å². The molecule has 8 nitrogen and oxygen atoms in total. The van der Waals surface area contributed by atoms with Crippen molar-refractivity contribution in [1.82, 2.24) is 37.8 Å². The van der Waals surface area contributed by atoms with Gasteiger partial charge in [0.15, 0.2) is 11.6 Å². The molecule has 0 saturated heterocycles. The Labute approximate surface area is 672 Å². The van der Waals surface area contributed by atoms with E-state index in [2.05, 4.69) is 423 Å². The molecule has 0 N–H and O–H groups in total. The van der Waals surface area contributed by atoms with Gasteiger partial charge in [-0.05, 0) is 187 Å². The molecule has 25 rings (SSSR count). The van der Waals surface area contributed by atoms with Gasteiger partial charge in [0.1, 0.15) is 0 Å². The molecule has 8 heteroatoms. The summed E-state index contributed by atoms with van der Waals surface area (Å²) in [5.41, 5.74) is 27.8. The molecule has 0 unspecified atom stereocenters. The molecular weight excluding hydrogens is 1420 g/mol. The van der Waals surface area contributed by atoms with Gasteiger partial charge in [0.05, 0.1) is 55.2 Å². The zero-order chi connectivity index (χ0) is 76.8. The van der Waals surface area contributed by atoms with Gasteiger partial charge in [-0.2, -0.15) is 9.97 Å².